The fourth-order valence-electron chi connectivity index (χ4n) is 5.02. The third-order valence-corrected chi connectivity index (χ3v) is 8.48. The van der Waals surface area contributed by atoms with Crippen LogP contribution in [0.2, 0.25) is 0 Å². The number of carbonyl (C=O) groups is 1. The van der Waals surface area contributed by atoms with E-state index in [1.165, 1.54) is 6.92 Å². The quantitative estimate of drug-likeness (QED) is 0.492. The molecule has 2 saturated carbocycles. The molecule has 6 nitrogen and oxygen atoms in total. The predicted octanol–water partition coefficient (Wildman–Crippen LogP) is 4.56. The standard InChI is InChI=1S/C23H33F3N2O4S/c1-4-8-33(30,31)13-17-11-22(12-17,10-16-6-7-16)14-27-20(29)19-15(3)9-18(23(24,25)26)28-21(19)32-5-2/h9,16-17H,4-8,10-14H2,1-3H3,(H,27,29)/t17-,22-. The summed E-state index contributed by atoms with van der Waals surface area (Å²) in [6, 6.07) is 0.857. The van der Waals surface area contributed by atoms with Crippen molar-refractivity contribution in [3.05, 3.63) is 22.9 Å². The van der Waals surface area contributed by atoms with Crippen LogP contribution in [0.5, 0.6) is 5.88 Å². The van der Waals surface area contributed by atoms with Gasteiger partial charge < -0.3 is 10.1 Å². The lowest BCUT2D eigenvalue weighted by molar-refractivity contribution is -0.141. The Labute approximate surface area is 193 Å². The summed E-state index contributed by atoms with van der Waals surface area (Å²) in [5, 5.41) is 2.89. The maximum absolute atomic E-state index is 13.1. The van der Waals surface area contributed by atoms with Gasteiger partial charge in [0, 0.05) is 12.3 Å². The Morgan fingerprint density at radius 1 is 1.24 bits per heavy atom. The molecule has 186 valence electrons. The van der Waals surface area contributed by atoms with Gasteiger partial charge in [0.2, 0.25) is 5.88 Å². The van der Waals surface area contributed by atoms with E-state index in [0.717, 1.165) is 38.2 Å². The van der Waals surface area contributed by atoms with E-state index in [2.05, 4.69) is 10.3 Å². The van der Waals surface area contributed by atoms with Gasteiger partial charge in [-0.15, -0.1) is 0 Å². The minimum absolute atomic E-state index is 0.00724. The Morgan fingerprint density at radius 3 is 2.45 bits per heavy atom. The zero-order valence-corrected chi connectivity index (χ0v) is 20.2. The molecule has 10 heteroatoms. The summed E-state index contributed by atoms with van der Waals surface area (Å²) in [5.41, 5.74) is -1.11. The molecule has 1 aromatic rings. The van der Waals surface area contributed by atoms with Crippen LogP contribution >= 0.6 is 0 Å². The fraction of sp³-hybridized carbons (Fsp3) is 0.739. The molecule has 1 aromatic heterocycles. The number of hydrogen-bond acceptors (Lipinski definition) is 5. The molecule has 1 N–H and O–H groups in total. The number of halogens is 3. The molecule has 0 bridgehead atoms. The van der Waals surface area contributed by atoms with Crippen molar-refractivity contribution in [1.29, 1.82) is 0 Å². The lowest BCUT2D eigenvalue weighted by Crippen LogP contribution is -2.48. The van der Waals surface area contributed by atoms with Crippen molar-refractivity contribution in [2.45, 2.75) is 65.5 Å². The third-order valence-electron chi connectivity index (χ3n) is 6.47. The van der Waals surface area contributed by atoms with E-state index in [1.807, 2.05) is 6.92 Å². The van der Waals surface area contributed by atoms with E-state index in [9.17, 15) is 26.4 Å². The second-order valence-electron chi connectivity index (χ2n) is 9.65. The number of rotatable bonds is 11. The van der Waals surface area contributed by atoms with Crippen LogP contribution in [-0.4, -0.2) is 44.0 Å². The van der Waals surface area contributed by atoms with Crippen molar-refractivity contribution >= 4 is 15.7 Å². The van der Waals surface area contributed by atoms with Gasteiger partial charge in [-0.05, 0) is 68.4 Å². The average molecular weight is 491 g/mol. The normalized spacial score (nSPS) is 23.2. The average Bonchev–Trinajstić information content (AvgIpc) is 3.47. The molecule has 0 spiro atoms. The van der Waals surface area contributed by atoms with Crippen molar-refractivity contribution in [3.63, 3.8) is 0 Å². The molecule has 0 atom stereocenters. The Bertz CT molecular complexity index is 969. The number of sulfone groups is 1. The third kappa shape index (κ3) is 6.61. The van der Waals surface area contributed by atoms with Gasteiger partial charge in [0.1, 0.15) is 11.3 Å². The van der Waals surface area contributed by atoms with Gasteiger partial charge in [-0.2, -0.15) is 13.2 Å². The van der Waals surface area contributed by atoms with Gasteiger partial charge in [0.15, 0.2) is 9.84 Å². The summed E-state index contributed by atoms with van der Waals surface area (Å²) in [7, 11) is -3.07. The molecule has 0 aromatic carbocycles. The van der Waals surface area contributed by atoms with Gasteiger partial charge in [-0.25, -0.2) is 13.4 Å². The largest absolute Gasteiger partial charge is 0.477 e. The number of nitrogens with zero attached hydrogens (tertiary/aromatic N) is 1. The first-order valence-corrected chi connectivity index (χ1v) is 13.4. The van der Waals surface area contributed by atoms with Crippen molar-refractivity contribution in [2.75, 3.05) is 24.7 Å². The molecule has 2 aliphatic carbocycles. The highest BCUT2D eigenvalue weighted by molar-refractivity contribution is 7.91. The van der Waals surface area contributed by atoms with E-state index in [4.69, 9.17) is 4.74 Å². The molecule has 0 aliphatic heterocycles. The monoisotopic (exact) mass is 490 g/mol. The van der Waals surface area contributed by atoms with Crippen molar-refractivity contribution < 1.29 is 31.1 Å². The smallest absolute Gasteiger partial charge is 0.433 e. The van der Waals surface area contributed by atoms with E-state index in [1.54, 1.807) is 6.92 Å². The fourth-order valence-corrected chi connectivity index (χ4v) is 6.76. The molecule has 0 saturated heterocycles. The minimum atomic E-state index is -4.64. The Morgan fingerprint density at radius 2 is 1.91 bits per heavy atom. The Kier molecular flexibility index (Phi) is 7.65. The van der Waals surface area contributed by atoms with Crippen LogP contribution in [0.4, 0.5) is 13.2 Å². The first-order chi connectivity index (χ1) is 15.4. The molecule has 3 rings (SSSR count). The number of carbonyl (C=O) groups excluding carboxylic acids is 1. The van der Waals surface area contributed by atoms with Crippen LogP contribution in [0.3, 0.4) is 0 Å². The molecule has 1 heterocycles. The second-order valence-corrected chi connectivity index (χ2v) is 11.9. The first kappa shape index (κ1) is 25.8. The van der Waals surface area contributed by atoms with Crippen LogP contribution in [0, 0.1) is 24.2 Å². The number of aromatic nitrogens is 1. The molecule has 33 heavy (non-hydrogen) atoms. The number of pyridine rings is 1. The molecular formula is C23H33F3N2O4S. The SMILES string of the molecule is CCCS(=O)(=O)C[C@H]1C[C@@](CNC(=O)c2c(C)cc(C(F)(F)F)nc2OCC)(CC2CC2)C1. The molecular weight excluding hydrogens is 457 g/mol. The van der Waals surface area contributed by atoms with Crippen molar-refractivity contribution in [3.8, 4) is 5.88 Å². The van der Waals surface area contributed by atoms with Gasteiger partial charge >= 0.3 is 6.18 Å². The Hall–Kier alpha value is -1.84. The van der Waals surface area contributed by atoms with E-state index >= 15 is 0 Å². The van der Waals surface area contributed by atoms with Crippen molar-refractivity contribution in [2.24, 2.45) is 17.3 Å². The lowest BCUT2D eigenvalue weighted by atomic mass is 9.60. The van der Waals surface area contributed by atoms with Gasteiger partial charge in [-0.3, -0.25) is 4.79 Å². The highest BCUT2D eigenvalue weighted by atomic mass is 32.2. The number of alkyl halides is 3. The summed E-state index contributed by atoms with van der Waals surface area (Å²) in [5.74, 6) is 0.216. The summed E-state index contributed by atoms with van der Waals surface area (Å²) >= 11 is 0. The maximum atomic E-state index is 13.1. The minimum Gasteiger partial charge on any atom is -0.477 e. The van der Waals surface area contributed by atoms with E-state index in [0.29, 0.717) is 18.9 Å². The van der Waals surface area contributed by atoms with Gasteiger partial charge in [-0.1, -0.05) is 19.8 Å². The molecule has 2 fully saturated rings. The second kappa shape index (κ2) is 9.80. The van der Waals surface area contributed by atoms with Gasteiger partial charge in [0.05, 0.1) is 12.4 Å². The number of ether oxygens (including phenoxy) is 1. The molecule has 2 aliphatic rings. The van der Waals surface area contributed by atoms with Crippen LogP contribution in [0.25, 0.3) is 0 Å². The summed E-state index contributed by atoms with van der Waals surface area (Å²) in [4.78, 5) is 16.5. The molecule has 0 unspecified atom stereocenters. The molecule has 0 radical (unpaired) electrons. The lowest BCUT2D eigenvalue weighted by Gasteiger charge is -2.48. The maximum Gasteiger partial charge on any atom is 0.433 e. The highest BCUT2D eigenvalue weighted by Gasteiger charge is 2.48. The van der Waals surface area contributed by atoms with E-state index < -0.39 is 27.6 Å². The number of nitrogens with one attached hydrogen (secondary N) is 1. The summed E-state index contributed by atoms with van der Waals surface area (Å²) in [6.45, 7) is 5.34. The zero-order chi connectivity index (χ0) is 24.4. The summed E-state index contributed by atoms with van der Waals surface area (Å²) in [6.07, 6.45) is 0.639. The number of aryl methyl sites for hydroxylation is 1. The Balaban J connectivity index is 1.71. The van der Waals surface area contributed by atoms with E-state index in [-0.39, 0.29) is 46.5 Å². The highest BCUT2D eigenvalue weighted by Crippen LogP contribution is 2.54. The zero-order valence-electron chi connectivity index (χ0n) is 19.4. The van der Waals surface area contributed by atoms with Gasteiger partial charge in [0.25, 0.3) is 5.91 Å². The number of amides is 1. The topological polar surface area (TPSA) is 85.4 Å². The van der Waals surface area contributed by atoms with Crippen LogP contribution in [0.15, 0.2) is 6.07 Å². The van der Waals surface area contributed by atoms with Crippen molar-refractivity contribution in [1.82, 2.24) is 10.3 Å². The number of hydrogen-bond donors (Lipinski definition) is 1. The van der Waals surface area contributed by atoms with Crippen LogP contribution in [0.1, 0.15) is 74.0 Å². The van der Waals surface area contributed by atoms with Crippen LogP contribution in [-0.2, 0) is 16.0 Å². The molecule has 1 amide bonds. The summed E-state index contributed by atoms with van der Waals surface area (Å²) < 4.78 is 69.1. The van der Waals surface area contributed by atoms with Crippen LogP contribution < -0.4 is 10.1 Å². The predicted molar refractivity (Wildman–Crippen MR) is 119 cm³/mol. The first-order valence-electron chi connectivity index (χ1n) is 11.6.